The molecule has 0 saturated carbocycles. The molecule has 134 valence electrons. The fraction of sp³-hybridized carbons (Fsp3) is 0.167. The van der Waals surface area contributed by atoms with E-state index < -0.39 is 18.0 Å². The van der Waals surface area contributed by atoms with Crippen LogP contribution in [-0.4, -0.2) is 23.0 Å². The van der Waals surface area contributed by atoms with Crippen LogP contribution < -0.4 is 10.6 Å². The molecular formula is C18H17N3O4S. The summed E-state index contributed by atoms with van der Waals surface area (Å²) < 4.78 is 10.5. The number of nitrogens with one attached hydrogen (secondary N) is 2. The molecule has 2 heterocycles. The summed E-state index contributed by atoms with van der Waals surface area (Å²) in [4.78, 5) is 29.1. The van der Waals surface area contributed by atoms with Gasteiger partial charge in [0.2, 0.25) is 5.89 Å². The molecular weight excluding hydrogens is 354 g/mol. The van der Waals surface area contributed by atoms with E-state index in [-0.39, 0.29) is 6.61 Å². The van der Waals surface area contributed by atoms with Crippen LogP contribution in [0.1, 0.15) is 12.6 Å². The zero-order chi connectivity index (χ0) is 18.4. The Labute approximate surface area is 154 Å². The van der Waals surface area contributed by atoms with Gasteiger partial charge < -0.3 is 19.8 Å². The van der Waals surface area contributed by atoms with Crippen molar-refractivity contribution in [3.05, 3.63) is 59.8 Å². The zero-order valence-corrected chi connectivity index (χ0v) is 14.8. The minimum absolute atomic E-state index is 0.0277. The van der Waals surface area contributed by atoms with Crippen molar-refractivity contribution < 1.29 is 18.7 Å². The third kappa shape index (κ3) is 4.70. The highest BCUT2D eigenvalue weighted by atomic mass is 32.1. The molecule has 0 saturated heterocycles. The number of benzene rings is 1. The lowest BCUT2D eigenvalue weighted by atomic mass is 10.3. The van der Waals surface area contributed by atoms with E-state index >= 15 is 0 Å². The van der Waals surface area contributed by atoms with Gasteiger partial charge in [0.05, 0.1) is 4.88 Å². The Morgan fingerprint density at radius 3 is 2.77 bits per heavy atom. The number of urea groups is 1. The van der Waals surface area contributed by atoms with Gasteiger partial charge in [0.1, 0.15) is 24.6 Å². The molecule has 3 aromatic rings. The average Bonchev–Trinajstić information content (AvgIpc) is 3.31. The van der Waals surface area contributed by atoms with Gasteiger partial charge in [0.25, 0.3) is 0 Å². The SMILES string of the molecule is C[C@@H](NC(=O)Nc1ccccc1)C(=O)OCc1coc(-c2cccs2)n1. The van der Waals surface area contributed by atoms with E-state index in [1.165, 1.54) is 17.6 Å². The predicted molar refractivity (Wildman–Crippen MR) is 97.7 cm³/mol. The van der Waals surface area contributed by atoms with Gasteiger partial charge in [0.15, 0.2) is 0 Å². The molecule has 0 unspecified atom stereocenters. The number of rotatable bonds is 6. The van der Waals surface area contributed by atoms with Crippen LogP contribution in [0.15, 0.2) is 58.5 Å². The minimum atomic E-state index is -0.803. The summed E-state index contributed by atoms with van der Waals surface area (Å²) in [6.45, 7) is 1.52. The Balaban J connectivity index is 1.46. The van der Waals surface area contributed by atoms with Gasteiger partial charge in [-0.25, -0.2) is 14.6 Å². The van der Waals surface area contributed by atoms with Gasteiger partial charge in [-0.1, -0.05) is 24.3 Å². The first-order valence-corrected chi connectivity index (χ1v) is 8.77. The molecule has 7 nitrogen and oxygen atoms in total. The van der Waals surface area contributed by atoms with Crippen molar-refractivity contribution in [1.29, 1.82) is 0 Å². The van der Waals surface area contributed by atoms with E-state index in [0.29, 0.717) is 17.3 Å². The lowest BCUT2D eigenvalue weighted by Crippen LogP contribution is -2.41. The molecule has 2 N–H and O–H groups in total. The number of carbonyl (C=O) groups excluding carboxylic acids is 2. The lowest BCUT2D eigenvalue weighted by molar-refractivity contribution is -0.146. The Bertz CT molecular complexity index is 862. The van der Waals surface area contributed by atoms with Crippen molar-refractivity contribution in [2.75, 3.05) is 5.32 Å². The molecule has 0 radical (unpaired) electrons. The maximum absolute atomic E-state index is 12.0. The van der Waals surface area contributed by atoms with Gasteiger partial charge in [-0.05, 0) is 30.5 Å². The number of amides is 2. The first-order valence-electron chi connectivity index (χ1n) is 7.89. The first kappa shape index (κ1) is 17.7. The third-order valence-corrected chi connectivity index (χ3v) is 4.24. The van der Waals surface area contributed by atoms with E-state index in [4.69, 9.17) is 9.15 Å². The Kier molecular flexibility index (Phi) is 5.65. The van der Waals surface area contributed by atoms with Crippen LogP contribution in [0.3, 0.4) is 0 Å². The minimum Gasteiger partial charge on any atom is -0.458 e. The number of nitrogens with zero attached hydrogens (tertiary/aromatic N) is 1. The molecule has 2 aromatic heterocycles. The number of esters is 1. The summed E-state index contributed by atoms with van der Waals surface area (Å²) in [7, 11) is 0. The van der Waals surface area contributed by atoms with Crippen molar-refractivity contribution in [3.63, 3.8) is 0 Å². The van der Waals surface area contributed by atoms with E-state index in [9.17, 15) is 9.59 Å². The molecule has 0 bridgehead atoms. The number of oxazole rings is 1. The van der Waals surface area contributed by atoms with Gasteiger partial charge in [-0.15, -0.1) is 11.3 Å². The number of carbonyl (C=O) groups is 2. The normalized spacial score (nSPS) is 11.6. The molecule has 0 aliphatic rings. The molecule has 26 heavy (non-hydrogen) atoms. The molecule has 2 amide bonds. The molecule has 1 aromatic carbocycles. The van der Waals surface area contributed by atoms with Gasteiger partial charge >= 0.3 is 12.0 Å². The second kappa shape index (κ2) is 8.30. The van der Waals surface area contributed by atoms with Crippen LogP contribution in [0, 0.1) is 0 Å². The van der Waals surface area contributed by atoms with Gasteiger partial charge in [-0.3, -0.25) is 0 Å². The quantitative estimate of drug-likeness (QED) is 0.645. The Morgan fingerprint density at radius 2 is 2.04 bits per heavy atom. The second-order valence-corrected chi connectivity index (χ2v) is 6.36. The summed E-state index contributed by atoms with van der Waals surface area (Å²) in [5.74, 6) is -0.0756. The number of hydrogen-bond donors (Lipinski definition) is 2. The van der Waals surface area contributed by atoms with Gasteiger partial charge in [0, 0.05) is 5.69 Å². The molecule has 1 atom stereocenters. The highest BCUT2D eigenvalue weighted by molar-refractivity contribution is 7.13. The highest BCUT2D eigenvalue weighted by Crippen LogP contribution is 2.23. The van der Waals surface area contributed by atoms with Crippen molar-refractivity contribution in [1.82, 2.24) is 10.3 Å². The smallest absolute Gasteiger partial charge is 0.328 e. The summed E-state index contributed by atoms with van der Waals surface area (Å²) in [5.41, 5.74) is 1.14. The van der Waals surface area contributed by atoms with E-state index in [1.807, 2.05) is 23.6 Å². The van der Waals surface area contributed by atoms with E-state index in [2.05, 4.69) is 15.6 Å². The lowest BCUT2D eigenvalue weighted by Gasteiger charge is -2.13. The number of anilines is 1. The second-order valence-electron chi connectivity index (χ2n) is 5.42. The summed E-state index contributed by atoms with van der Waals surface area (Å²) in [6.07, 6.45) is 1.45. The molecule has 0 fully saturated rings. The largest absolute Gasteiger partial charge is 0.458 e. The first-order chi connectivity index (χ1) is 12.6. The number of aromatic nitrogens is 1. The van der Waals surface area contributed by atoms with Gasteiger partial charge in [-0.2, -0.15) is 0 Å². The molecule has 0 aliphatic heterocycles. The van der Waals surface area contributed by atoms with Crippen LogP contribution in [-0.2, 0) is 16.1 Å². The zero-order valence-electron chi connectivity index (χ0n) is 14.0. The van der Waals surface area contributed by atoms with Crippen LogP contribution in [0.5, 0.6) is 0 Å². The number of hydrogen-bond acceptors (Lipinski definition) is 6. The molecule has 0 spiro atoms. The van der Waals surface area contributed by atoms with Crippen molar-refractivity contribution in [2.24, 2.45) is 0 Å². The van der Waals surface area contributed by atoms with E-state index in [1.54, 1.807) is 31.2 Å². The predicted octanol–water partition coefficient (Wildman–Crippen LogP) is 3.66. The van der Waals surface area contributed by atoms with Crippen molar-refractivity contribution in [3.8, 4) is 10.8 Å². The fourth-order valence-corrected chi connectivity index (χ4v) is 2.76. The van der Waals surface area contributed by atoms with Crippen molar-refractivity contribution in [2.45, 2.75) is 19.6 Å². The maximum Gasteiger partial charge on any atom is 0.328 e. The third-order valence-electron chi connectivity index (χ3n) is 3.38. The number of ether oxygens (including phenoxy) is 1. The Morgan fingerprint density at radius 1 is 1.23 bits per heavy atom. The average molecular weight is 371 g/mol. The summed E-state index contributed by atoms with van der Waals surface area (Å²) in [5, 5.41) is 7.09. The monoisotopic (exact) mass is 371 g/mol. The van der Waals surface area contributed by atoms with Crippen LogP contribution >= 0.6 is 11.3 Å². The Hall–Kier alpha value is -3.13. The topological polar surface area (TPSA) is 93.5 Å². The maximum atomic E-state index is 12.0. The van der Waals surface area contributed by atoms with Crippen LogP contribution in [0.25, 0.3) is 10.8 Å². The summed E-state index contributed by atoms with van der Waals surface area (Å²) >= 11 is 1.51. The number of para-hydroxylation sites is 1. The standard InChI is InChI=1S/C18H17N3O4S/c1-12(19-18(23)21-13-6-3-2-4-7-13)17(22)25-11-14-10-24-16(20-14)15-8-5-9-26-15/h2-10,12H,11H2,1H3,(H2,19,21,23)/t12-/m1/s1. The summed E-state index contributed by atoms with van der Waals surface area (Å²) in [6, 6.07) is 11.4. The van der Waals surface area contributed by atoms with Crippen molar-refractivity contribution >= 4 is 29.0 Å². The molecule has 8 heteroatoms. The van der Waals surface area contributed by atoms with Crippen LogP contribution in [0.2, 0.25) is 0 Å². The fourth-order valence-electron chi connectivity index (χ4n) is 2.10. The molecule has 0 aliphatic carbocycles. The molecule has 3 rings (SSSR count). The van der Waals surface area contributed by atoms with E-state index in [0.717, 1.165) is 4.88 Å². The number of thiophene rings is 1. The highest BCUT2D eigenvalue weighted by Gasteiger charge is 2.18. The van der Waals surface area contributed by atoms with Crippen LogP contribution in [0.4, 0.5) is 10.5 Å².